The third-order valence-corrected chi connectivity index (χ3v) is 4.71. The summed E-state index contributed by atoms with van der Waals surface area (Å²) in [6.07, 6.45) is 0.441. The van der Waals surface area contributed by atoms with Crippen molar-refractivity contribution in [3.63, 3.8) is 0 Å². The van der Waals surface area contributed by atoms with E-state index in [4.69, 9.17) is 8.83 Å². The second-order valence-electron chi connectivity index (χ2n) is 6.07. The molecule has 6 nitrogen and oxygen atoms in total. The average molecular weight is 426 g/mol. The maximum atomic E-state index is 12.5. The minimum atomic E-state index is -0.261. The van der Waals surface area contributed by atoms with E-state index in [1.165, 1.54) is 0 Å². The van der Waals surface area contributed by atoms with Crippen molar-refractivity contribution in [3.05, 3.63) is 70.2 Å². The molecule has 4 rings (SSSR count). The number of carbonyl (C=O) groups excluding carboxylic acids is 1. The van der Waals surface area contributed by atoms with Gasteiger partial charge in [0.25, 0.3) is 5.91 Å². The molecule has 2 heterocycles. The largest absolute Gasteiger partial charge is 0.451 e. The Morgan fingerprint density at radius 3 is 2.74 bits per heavy atom. The van der Waals surface area contributed by atoms with Crippen LogP contribution in [0.2, 0.25) is 0 Å². The number of benzene rings is 2. The molecule has 1 amide bonds. The summed E-state index contributed by atoms with van der Waals surface area (Å²) in [7, 11) is 0. The number of halogens is 1. The first-order valence-electron chi connectivity index (χ1n) is 8.46. The Hall–Kier alpha value is -2.93. The number of rotatable bonds is 5. The molecule has 2 aromatic carbocycles. The Labute approximate surface area is 163 Å². The molecule has 0 aliphatic heterocycles. The number of furan rings is 1. The van der Waals surface area contributed by atoms with Gasteiger partial charge in [-0.25, -0.2) is 0 Å². The SMILES string of the molecule is Cc1c(C(=O)NCCc2nnc(-c3ccccc3)o2)oc2cc(Br)ccc12. The Morgan fingerprint density at radius 2 is 1.93 bits per heavy atom. The number of amides is 1. The number of aromatic nitrogens is 2. The molecule has 0 saturated carbocycles. The molecule has 0 radical (unpaired) electrons. The Morgan fingerprint density at radius 1 is 1.11 bits per heavy atom. The van der Waals surface area contributed by atoms with E-state index in [1.807, 2.05) is 55.5 Å². The lowest BCUT2D eigenvalue weighted by Gasteiger charge is -2.01. The lowest BCUT2D eigenvalue weighted by Crippen LogP contribution is -2.25. The van der Waals surface area contributed by atoms with E-state index in [2.05, 4.69) is 31.4 Å². The molecule has 0 aliphatic carbocycles. The van der Waals surface area contributed by atoms with Crippen LogP contribution >= 0.6 is 15.9 Å². The summed E-state index contributed by atoms with van der Waals surface area (Å²) >= 11 is 3.41. The third-order valence-electron chi connectivity index (χ3n) is 4.22. The minimum absolute atomic E-state index is 0.261. The summed E-state index contributed by atoms with van der Waals surface area (Å²) in [4.78, 5) is 12.5. The van der Waals surface area contributed by atoms with Crippen molar-refractivity contribution in [1.29, 1.82) is 0 Å². The van der Waals surface area contributed by atoms with Crippen LogP contribution in [0.25, 0.3) is 22.4 Å². The number of nitrogens with zero attached hydrogens (tertiary/aromatic N) is 2. The van der Waals surface area contributed by atoms with Crippen molar-refractivity contribution in [3.8, 4) is 11.5 Å². The highest BCUT2D eigenvalue weighted by molar-refractivity contribution is 9.10. The molecule has 27 heavy (non-hydrogen) atoms. The van der Waals surface area contributed by atoms with Crippen LogP contribution in [0.1, 0.15) is 22.0 Å². The topological polar surface area (TPSA) is 81.2 Å². The van der Waals surface area contributed by atoms with Gasteiger partial charge in [0.15, 0.2) is 5.76 Å². The molecule has 1 N–H and O–H groups in total. The van der Waals surface area contributed by atoms with Gasteiger partial charge in [0.2, 0.25) is 11.8 Å². The van der Waals surface area contributed by atoms with Gasteiger partial charge in [0.1, 0.15) is 5.58 Å². The fourth-order valence-electron chi connectivity index (χ4n) is 2.83. The monoisotopic (exact) mass is 425 g/mol. The van der Waals surface area contributed by atoms with Crippen molar-refractivity contribution >= 4 is 32.8 Å². The highest BCUT2D eigenvalue weighted by atomic mass is 79.9. The molecular weight excluding hydrogens is 410 g/mol. The standard InChI is InChI=1S/C20H16BrN3O3/c1-12-15-8-7-14(21)11-16(15)26-18(12)19(25)22-10-9-17-23-24-20(27-17)13-5-3-2-4-6-13/h2-8,11H,9-10H2,1H3,(H,22,25). The summed E-state index contributed by atoms with van der Waals surface area (Å²) in [6.45, 7) is 2.24. The summed E-state index contributed by atoms with van der Waals surface area (Å²) in [6, 6.07) is 15.3. The molecule has 0 saturated heterocycles. The Balaban J connectivity index is 1.40. The van der Waals surface area contributed by atoms with Crippen LogP contribution in [0.15, 0.2) is 61.8 Å². The second kappa shape index (κ2) is 7.36. The summed E-state index contributed by atoms with van der Waals surface area (Å²) < 4.78 is 12.3. The van der Waals surface area contributed by atoms with Crippen LogP contribution in [0.4, 0.5) is 0 Å². The van der Waals surface area contributed by atoms with Gasteiger partial charge >= 0.3 is 0 Å². The maximum absolute atomic E-state index is 12.5. The van der Waals surface area contributed by atoms with E-state index >= 15 is 0 Å². The van der Waals surface area contributed by atoms with E-state index in [0.717, 1.165) is 21.0 Å². The third kappa shape index (κ3) is 3.64. The normalized spacial score (nSPS) is 11.0. The zero-order valence-corrected chi connectivity index (χ0v) is 16.1. The van der Waals surface area contributed by atoms with Gasteiger partial charge in [-0.3, -0.25) is 4.79 Å². The zero-order chi connectivity index (χ0) is 18.8. The molecule has 0 fully saturated rings. The van der Waals surface area contributed by atoms with Crippen LogP contribution in [0.5, 0.6) is 0 Å². The number of hydrogen-bond donors (Lipinski definition) is 1. The van der Waals surface area contributed by atoms with Gasteiger partial charge in [0.05, 0.1) is 0 Å². The number of nitrogens with one attached hydrogen (secondary N) is 1. The fourth-order valence-corrected chi connectivity index (χ4v) is 3.17. The summed E-state index contributed by atoms with van der Waals surface area (Å²) in [5.74, 6) is 0.997. The zero-order valence-electron chi connectivity index (χ0n) is 14.5. The predicted molar refractivity (Wildman–Crippen MR) is 104 cm³/mol. The second-order valence-corrected chi connectivity index (χ2v) is 6.99. The molecule has 0 bridgehead atoms. The Kier molecular flexibility index (Phi) is 4.77. The number of aryl methyl sites for hydroxylation is 1. The van der Waals surface area contributed by atoms with Gasteiger partial charge in [-0.1, -0.05) is 34.1 Å². The molecule has 0 atom stereocenters. The maximum Gasteiger partial charge on any atom is 0.287 e. The first kappa shape index (κ1) is 17.5. The van der Waals surface area contributed by atoms with E-state index in [1.54, 1.807) is 0 Å². The molecule has 0 unspecified atom stereocenters. The van der Waals surface area contributed by atoms with Crippen LogP contribution < -0.4 is 5.32 Å². The van der Waals surface area contributed by atoms with Gasteiger partial charge in [0, 0.05) is 34.0 Å². The van der Waals surface area contributed by atoms with Crippen molar-refractivity contribution in [1.82, 2.24) is 15.5 Å². The molecule has 7 heteroatoms. The van der Waals surface area contributed by atoms with Gasteiger partial charge in [-0.2, -0.15) is 0 Å². The molecule has 136 valence electrons. The van der Waals surface area contributed by atoms with Crippen molar-refractivity contribution in [2.45, 2.75) is 13.3 Å². The lowest BCUT2D eigenvalue weighted by atomic mass is 10.1. The molecule has 0 aliphatic rings. The number of hydrogen-bond acceptors (Lipinski definition) is 5. The summed E-state index contributed by atoms with van der Waals surface area (Å²) in [5, 5.41) is 11.8. The van der Waals surface area contributed by atoms with E-state index in [0.29, 0.717) is 36.1 Å². The van der Waals surface area contributed by atoms with E-state index in [9.17, 15) is 4.79 Å². The van der Waals surface area contributed by atoms with Crippen molar-refractivity contribution in [2.24, 2.45) is 0 Å². The predicted octanol–water partition coefficient (Wildman–Crippen LogP) is 4.53. The van der Waals surface area contributed by atoms with Crippen molar-refractivity contribution < 1.29 is 13.6 Å². The Bertz CT molecular complexity index is 1100. The first-order valence-corrected chi connectivity index (χ1v) is 9.26. The minimum Gasteiger partial charge on any atom is -0.451 e. The van der Waals surface area contributed by atoms with Crippen LogP contribution in [-0.2, 0) is 6.42 Å². The van der Waals surface area contributed by atoms with Crippen molar-refractivity contribution in [2.75, 3.05) is 6.54 Å². The first-order chi connectivity index (χ1) is 13.1. The fraction of sp³-hybridized carbons (Fsp3) is 0.150. The van der Waals surface area contributed by atoms with E-state index < -0.39 is 0 Å². The van der Waals surface area contributed by atoms with Crippen LogP contribution in [-0.4, -0.2) is 22.6 Å². The van der Waals surface area contributed by atoms with Gasteiger partial charge < -0.3 is 14.2 Å². The smallest absolute Gasteiger partial charge is 0.287 e. The molecule has 4 aromatic rings. The quantitative estimate of drug-likeness (QED) is 0.507. The molecular formula is C20H16BrN3O3. The highest BCUT2D eigenvalue weighted by Gasteiger charge is 2.18. The van der Waals surface area contributed by atoms with E-state index in [-0.39, 0.29) is 5.91 Å². The van der Waals surface area contributed by atoms with Crippen LogP contribution in [0.3, 0.4) is 0 Å². The number of carbonyl (C=O) groups is 1. The summed E-state index contributed by atoms with van der Waals surface area (Å²) in [5.41, 5.74) is 2.36. The average Bonchev–Trinajstić information content (AvgIpc) is 3.27. The van der Waals surface area contributed by atoms with Gasteiger partial charge in [-0.15, -0.1) is 10.2 Å². The molecule has 0 spiro atoms. The number of fused-ring (bicyclic) bond motifs is 1. The van der Waals surface area contributed by atoms with Crippen LogP contribution in [0, 0.1) is 6.92 Å². The van der Waals surface area contributed by atoms with Gasteiger partial charge in [-0.05, 0) is 37.3 Å². The highest BCUT2D eigenvalue weighted by Crippen LogP contribution is 2.27. The lowest BCUT2D eigenvalue weighted by molar-refractivity contribution is 0.0927. The molecule has 2 aromatic heterocycles.